The van der Waals surface area contributed by atoms with Crippen LogP contribution in [0, 0.1) is 11.5 Å². The van der Waals surface area contributed by atoms with Crippen molar-refractivity contribution in [2.24, 2.45) is 0 Å². The molecule has 0 unspecified atom stereocenters. The van der Waals surface area contributed by atoms with Crippen molar-refractivity contribution in [2.45, 2.75) is 0 Å². The van der Waals surface area contributed by atoms with Crippen LogP contribution in [0.4, 0.5) is 0 Å². The van der Waals surface area contributed by atoms with Gasteiger partial charge < -0.3 is 5.11 Å². The minimum absolute atomic E-state index is 0. The van der Waals surface area contributed by atoms with Crippen molar-refractivity contribution < 1.29 is 5.11 Å². The molecule has 0 aliphatic heterocycles. The minimum atomic E-state index is 0. The molecular weight excluding hydrogens is 81.1 g/mol. The van der Waals surface area contributed by atoms with E-state index in [9.17, 15) is 0 Å². The fraction of sp³-hybridized carbons (Fsp3) is 0. The molecule has 0 aromatic heterocycles. The molecule has 0 fully saturated rings. The van der Waals surface area contributed by atoms with Gasteiger partial charge in [-0.1, -0.05) is 0 Å². The summed E-state index contributed by atoms with van der Waals surface area (Å²) in [6.45, 7) is 0. The minimum Gasteiger partial charge on any atom is -0.443 e. The molecule has 0 amide bonds. The van der Waals surface area contributed by atoms with Crippen LogP contribution in [0.25, 0.3) is 0 Å². The van der Waals surface area contributed by atoms with E-state index in [1.165, 1.54) is 0 Å². The Labute approximate surface area is 66.8 Å². The third-order valence-electron chi connectivity index (χ3n) is 0. The van der Waals surface area contributed by atoms with Gasteiger partial charge in [-0.15, -0.1) is 0 Å². The van der Waals surface area contributed by atoms with Crippen LogP contribution in [0.2, 0.25) is 0 Å². The molecule has 0 atom stereocenters. The maximum atomic E-state index is 6.88. The van der Waals surface area contributed by atoms with Crippen molar-refractivity contribution in [3.05, 3.63) is 0 Å². The molecule has 0 bridgehead atoms. The summed E-state index contributed by atoms with van der Waals surface area (Å²) in [7, 11) is 0. The van der Waals surface area contributed by atoms with Crippen LogP contribution in [-0.4, -0.2) is 56.5 Å². The first kappa shape index (κ1) is 8.87. The van der Waals surface area contributed by atoms with E-state index in [1.54, 1.807) is 0 Å². The van der Waals surface area contributed by atoms with Crippen molar-refractivity contribution in [3.8, 4) is 6.26 Å². The van der Waals surface area contributed by atoms with Gasteiger partial charge in [0.1, 0.15) is 0 Å². The number of nitriles is 1. The molecule has 0 aliphatic rings. The second kappa shape index (κ2) is 9.06. The van der Waals surface area contributed by atoms with Gasteiger partial charge in [0.05, 0.1) is 0 Å². The van der Waals surface area contributed by atoms with Gasteiger partial charge in [0.15, 0.2) is 0 Å². The Morgan fingerprint density at radius 2 is 1.75 bits per heavy atom. The maximum absolute atomic E-state index is 6.88. The van der Waals surface area contributed by atoms with Crippen LogP contribution < -0.4 is 0 Å². The normalized spacial score (nSPS) is 1.75. The topological polar surface area (TPSA) is 44.0 Å². The summed E-state index contributed by atoms with van der Waals surface area (Å²) in [5, 5.41) is 13.8. The smallest absolute Gasteiger partial charge is 0.283 e. The zero-order chi connectivity index (χ0) is 2.71. The summed E-state index contributed by atoms with van der Waals surface area (Å²) < 4.78 is 0. The van der Waals surface area contributed by atoms with E-state index in [0.717, 1.165) is 6.26 Å². The number of hydrogen-bond donors (Lipinski definition) is 1. The summed E-state index contributed by atoms with van der Waals surface area (Å²) in [4.78, 5) is 0. The summed E-state index contributed by atoms with van der Waals surface area (Å²) in [5.41, 5.74) is 0. The van der Waals surface area contributed by atoms with Crippen molar-refractivity contribution >= 4 is 51.4 Å². The Kier molecular flexibility index (Phi) is 20.1. The third kappa shape index (κ3) is 12.7. The van der Waals surface area contributed by atoms with E-state index in [-0.39, 0.29) is 51.4 Å². The monoisotopic (exact) mass is 82.0 g/mol. The molecule has 0 spiro atoms. The molecule has 0 aromatic rings. The molecule has 0 saturated carbocycles. The van der Waals surface area contributed by atoms with E-state index in [4.69, 9.17) is 10.4 Å². The fourth-order valence-corrected chi connectivity index (χ4v) is 0. The third-order valence-corrected chi connectivity index (χ3v) is 0. The second-order valence-electron chi connectivity index (χ2n) is 0.100. The van der Waals surface area contributed by atoms with E-state index < -0.39 is 0 Å². The van der Waals surface area contributed by atoms with E-state index in [0.29, 0.717) is 0 Å². The van der Waals surface area contributed by atoms with Gasteiger partial charge in [0.25, 0.3) is 6.26 Å². The number of nitrogens with zero attached hydrogens (tertiary/aromatic N) is 1. The molecule has 0 heterocycles. The predicted octanol–water partition coefficient (Wildman–Crippen LogP) is -0.541. The fourth-order valence-electron chi connectivity index (χ4n) is 0. The van der Waals surface area contributed by atoms with Crippen molar-refractivity contribution in [1.29, 1.82) is 5.26 Å². The standard InChI is InChI=1S/CHNO.K/c2-1-3;/h3H;. The Morgan fingerprint density at radius 3 is 1.75 bits per heavy atom. The zero-order valence-electron chi connectivity index (χ0n) is 2.39. The first-order chi connectivity index (χ1) is 1.41. The summed E-state index contributed by atoms with van der Waals surface area (Å²) in [5.74, 6) is 0. The van der Waals surface area contributed by atoms with Crippen LogP contribution >= 0.6 is 0 Å². The Morgan fingerprint density at radius 1 is 1.75 bits per heavy atom. The van der Waals surface area contributed by atoms with Gasteiger partial charge in [-0.3, -0.25) is 0 Å². The van der Waals surface area contributed by atoms with Gasteiger partial charge in [0, 0.05) is 51.4 Å². The average molecular weight is 82.1 g/mol. The van der Waals surface area contributed by atoms with Gasteiger partial charge in [0.2, 0.25) is 0 Å². The quantitative estimate of drug-likeness (QED) is 0.315. The van der Waals surface area contributed by atoms with E-state index >= 15 is 0 Å². The van der Waals surface area contributed by atoms with Gasteiger partial charge >= 0.3 is 0 Å². The molecule has 4 heavy (non-hydrogen) atoms. The molecule has 17 valence electrons. The number of aliphatic hydroxyl groups excluding tert-OH is 1. The summed E-state index contributed by atoms with van der Waals surface area (Å²) in [6.07, 6.45) is 0.750. The molecule has 0 rings (SSSR count). The maximum Gasteiger partial charge on any atom is 0.283 e. The van der Waals surface area contributed by atoms with Crippen LogP contribution in [-0.2, 0) is 0 Å². The van der Waals surface area contributed by atoms with E-state index in [2.05, 4.69) is 0 Å². The largest absolute Gasteiger partial charge is 0.443 e. The average Bonchev–Trinajstić information content (AvgIpc) is 0.918. The molecular formula is CHKNO. The molecule has 2 nitrogen and oxygen atoms in total. The molecule has 0 saturated heterocycles. The molecule has 1 N–H and O–H groups in total. The molecule has 0 aromatic carbocycles. The van der Waals surface area contributed by atoms with Gasteiger partial charge in [-0.25, -0.2) is 0 Å². The van der Waals surface area contributed by atoms with Gasteiger partial charge in [-0.05, 0) is 0 Å². The number of aliphatic hydroxyl groups is 1. The van der Waals surface area contributed by atoms with E-state index in [1.807, 2.05) is 0 Å². The summed E-state index contributed by atoms with van der Waals surface area (Å²) >= 11 is 0. The number of hydrogen-bond acceptors (Lipinski definition) is 2. The Balaban J connectivity index is 0. The Hall–Kier alpha value is 0.926. The van der Waals surface area contributed by atoms with Crippen molar-refractivity contribution in [3.63, 3.8) is 0 Å². The first-order valence-electron chi connectivity index (χ1n) is 0.447. The predicted molar refractivity (Wildman–Crippen MR) is 13.3 cm³/mol. The van der Waals surface area contributed by atoms with Crippen molar-refractivity contribution in [2.75, 3.05) is 0 Å². The first-order valence-corrected chi connectivity index (χ1v) is 0.447. The van der Waals surface area contributed by atoms with Crippen LogP contribution in [0.5, 0.6) is 0 Å². The van der Waals surface area contributed by atoms with Crippen LogP contribution in [0.1, 0.15) is 0 Å². The number of rotatable bonds is 0. The SMILES string of the molecule is N#CO.[K]. The van der Waals surface area contributed by atoms with Crippen LogP contribution in [0.3, 0.4) is 0 Å². The molecule has 3 heteroatoms. The zero-order valence-corrected chi connectivity index (χ0v) is 5.52. The Bertz CT molecular complexity index is 29.5. The summed E-state index contributed by atoms with van der Waals surface area (Å²) in [6, 6.07) is 0. The molecule has 1 radical (unpaired) electrons. The molecule has 0 aliphatic carbocycles. The second-order valence-corrected chi connectivity index (χ2v) is 0.100. The van der Waals surface area contributed by atoms with Gasteiger partial charge in [-0.2, -0.15) is 5.26 Å². The van der Waals surface area contributed by atoms with Crippen LogP contribution in [0.15, 0.2) is 0 Å². The van der Waals surface area contributed by atoms with Crippen molar-refractivity contribution in [1.82, 2.24) is 0 Å².